The van der Waals surface area contributed by atoms with Gasteiger partial charge in [0.25, 0.3) is 0 Å². The Morgan fingerprint density at radius 1 is 1.33 bits per heavy atom. The predicted octanol–water partition coefficient (Wildman–Crippen LogP) is 2.07. The van der Waals surface area contributed by atoms with Crippen LogP contribution in [0.15, 0.2) is 0 Å². The van der Waals surface area contributed by atoms with Gasteiger partial charge in [0.15, 0.2) is 0 Å². The van der Waals surface area contributed by atoms with Crippen molar-refractivity contribution in [3.63, 3.8) is 0 Å². The summed E-state index contributed by atoms with van der Waals surface area (Å²) in [5.41, 5.74) is -0.423. The minimum absolute atomic E-state index is 0.241. The van der Waals surface area contributed by atoms with Gasteiger partial charge in [-0.25, -0.2) is 4.79 Å². The number of nitrogens with zero attached hydrogens (tertiary/aromatic N) is 2. The Balaban J connectivity index is 1.64. The molecule has 0 aromatic carbocycles. The first kappa shape index (κ1) is 16.6. The number of ether oxygens (including phenoxy) is 1. The molecule has 0 aliphatic carbocycles. The molecular formula is C16H31N3O2. The summed E-state index contributed by atoms with van der Waals surface area (Å²) in [6, 6.07) is 1.40. The summed E-state index contributed by atoms with van der Waals surface area (Å²) in [4.78, 5) is 16.1. The predicted molar refractivity (Wildman–Crippen MR) is 84.5 cm³/mol. The molecule has 0 aromatic heterocycles. The number of nitrogens with one attached hydrogen (secondary N) is 1. The smallest absolute Gasteiger partial charge is 0.410 e. The Bertz CT molecular complexity index is 354. The topological polar surface area (TPSA) is 44.8 Å². The van der Waals surface area contributed by atoms with E-state index in [9.17, 15) is 4.79 Å². The number of hydrogen-bond donors (Lipinski definition) is 1. The molecule has 0 saturated carbocycles. The second kappa shape index (κ2) is 6.97. The van der Waals surface area contributed by atoms with Crippen molar-refractivity contribution in [1.29, 1.82) is 0 Å². The van der Waals surface area contributed by atoms with Gasteiger partial charge in [-0.15, -0.1) is 0 Å². The van der Waals surface area contributed by atoms with Crippen molar-refractivity contribution < 1.29 is 9.53 Å². The lowest BCUT2D eigenvalue weighted by atomic mass is 9.98. The van der Waals surface area contributed by atoms with Crippen LogP contribution in [0.2, 0.25) is 0 Å². The summed E-state index contributed by atoms with van der Waals surface area (Å²) in [6.45, 7) is 9.74. The fourth-order valence-electron chi connectivity index (χ4n) is 3.28. The van der Waals surface area contributed by atoms with E-state index in [1.165, 1.54) is 38.8 Å². The van der Waals surface area contributed by atoms with Crippen LogP contribution in [-0.2, 0) is 4.74 Å². The molecule has 0 unspecified atom stereocenters. The van der Waals surface area contributed by atoms with Crippen LogP contribution in [-0.4, -0.2) is 66.8 Å². The molecule has 2 rings (SSSR count). The summed E-state index contributed by atoms with van der Waals surface area (Å²) in [7, 11) is 1.80. The summed E-state index contributed by atoms with van der Waals surface area (Å²) in [5.74, 6) is 0. The van der Waals surface area contributed by atoms with Crippen molar-refractivity contribution in [3.05, 3.63) is 0 Å². The number of amides is 1. The van der Waals surface area contributed by atoms with Crippen molar-refractivity contribution in [2.24, 2.45) is 0 Å². The minimum Gasteiger partial charge on any atom is -0.444 e. The molecule has 1 N–H and O–H groups in total. The second-order valence-corrected chi connectivity index (χ2v) is 7.41. The van der Waals surface area contributed by atoms with Crippen molar-refractivity contribution in [3.8, 4) is 0 Å². The summed E-state index contributed by atoms with van der Waals surface area (Å²) in [6.07, 6.45) is 4.97. The Labute approximate surface area is 129 Å². The Kier molecular flexibility index (Phi) is 5.49. The molecule has 2 aliphatic heterocycles. The molecule has 2 saturated heterocycles. The van der Waals surface area contributed by atoms with Crippen LogP contribution < -0.4 is 5.32 Å². The van der Waals surface area contributed by atoms with Gasteiger partial charge in [-0.2, -0.15) is 0 Å². The van der Waals surface area contributed by atoms with Crippen molar-refractivity contribution in [2.45, 2.75) is 64.1 Å². The van der Waals surface area contributed by atoms with Gasteiger partial charge in [-0.1, -0.05) is 0 Å². The number of piperidine rings is 1. The number of rotatable bonds is 4. The van der Waals surface area contributed by atoms with E-state index in [2.05, 4.69) is 10.2 Å². The van der Waals surface area contributed by atoms with Crippen LogP contribution in [0.3, 0.4) is 0 Å². The highest BCUT2D eigenvalue weighted by Crippen LogP contribution is 2.26. The number of likely N-dealkylation sites (N-methyl/N-ethyl adjacent to an activating group) is 1. The highest BCUT2D eigenvalue weighted by molar-refractivity contribution is 5.67. The highest BCUT2D eigenvalue weighted by Gasteiger charge is 2.31. The standard InChI is InChI=1S/C16H31N3O2/c1-16(2,3)21-15(20)18(4)11-8-17-13-7-10-19-9-5-6-14(19)12-13/h13-14,17H,5-12H2,1-4H3/t13-,14+/m1/s1. The van der Waals surface area contributed by atoms with Gasteiger partial charge >= 0.3 is 6.09 Å². The molecule has 2 heterocycles. The van der Waals surface area contributed by atoms with Gasteiger partial charge < -0.3 is 19.9 Å². The number of carbonyl (C=O) groups excluding carboxylic acids is 1. The molecule has 2 aliphatic rings. The van der Waals surface area contributed by atoms with Crippen molar-refractivity contribution in [1.82, 2.24) is 15.1 Å². The van der Waals surface area contributed by atoms with E-state index in [4.69, 9.17) is 4.74 Å². The third-order valence-corrected chi connectivity index (χ3v) is 4.41. The van der Waals surface area contributed by atoms with Gasteiger partial charge in [-0.05, 0) is 59.5 Å². The van der Waals surface area contributed by atoms with Gasteiger partial charge in [-0.3, -0.25) is 0 Å². The molecule has 0 aromatic rings. The van der Waals surface area contributed by atoms with E-state index < -0.39 is 5.60 Å². The maximum absolute atomic E-state index is 11.9. The van der Waals surface area contributed by atoms with Gasteiger partial charge in [0.2, 0.25) is 0 Å². The molecule has 0 radical (unpaired) electrons. The average Bonchev–Trinajstić information content (AvgIpc) is 2.84. The zero-order chi connectivity index (χ0) is 15.5. The average molecular weight is 297 g/mol. The van der Waals surface area contributed by atoms with E-state index in [1.54, 1.807) is 11.9 Å². The Morgan fingerprint density at radius 2 is 2.10 bits per heavy atom. The first-order chi connectivity index (χ1) is 9.85. The SMILES string of the molecule is CN(CCN[C@@H]1CCN2CCC[C@H]2C1)C(=O)OC(C)(C)C. The largest absolute Gasteiger partial charge is 0.444 e. The molecule has 5 heteroatoms. The quantitative estimate of drug-likeness (QED) is 0.863. The Hall–Kier alpha value is -0.810. The first-order valence-electron chi connectivity index (χ1n) is 8.27. The van der Waals surface area contributed by atoms with E-state index in [1.807, 2.05) is 20.8 Å². The van der Waals surface area contributed by atoms with Gasteiger partial charge in [0.05, 0.1) is 0 Å². The summed E-state index contributed by atoms with van der Waals surface area (Å²) < 4.78 is 5.35. The monoisotopic (exact) mass is 297 g/mol. The summed E-state index contributed by atoms with van der Waals surface area (Å²) >= 11 is 0. The van der Waals surface area contributed by atoms with Crippen LogP contribution in [0.4, 0.5) is 4.79 Å². The van der Waals surface area contributed by atoms with E-state index >= 15 is 0 Å². The zero-order valence-corrected chi connectivity index (χ0v) is 14.0. The number of carbonyl (C=O) groups is 1. The molecular weight excluding hydrogens is 266 g/mol. The van der Waals surface area contributed by atoms with Gasteiger partial charge in [0, 0.05) is 32.2 Å². The second-order valence-electron chi connectivity index (χ2n) is 7.41. The number of fused-ring (bicyclic) bond motifs is 1. The third-order valence-electron chi connectivity index (χ3n) is 4.41. The Morgan fingerprint density at radius 3 is 2.81 bits per heavy atom. The van der Waals surface area contributed by atoms with E-state index in [0.29, 0.717) is 12.6 Å². The van der Waals surface area contributed by atoms with Crippen LogP contribution in [0.25, 0.3) is 0 Å². The molecule has 2 fully saturated rings. The molecule has 1 amide bonds. The highest BCUT2D eigenvalue weighted by atomic mass is 16.6. The molecule has 21 heavy (non-hydrogen) atoms. The van der Waals surface area contributed by atoms with Gasteiger partial charge in [0.1, 0.15) is 5.60 Å². The van der Waals surface area contributed by atoms with Crippen LogP contribution in [0.5, 0.6) is 0 Å². The van der Waals surface area contributed by atoms with Crippen LogP contribution in [0.1, 0.15) is 46.5 Å². The lowest BCUT2D eigenvalue weighted by Gasteiger charge is -2.35. The molecule has 122 valence electrons. The van der Waals surface area contributed by atoms with Crippen LogP contribution in [0, 0.1) is 0 Å². The van der Waals surface area contributed by atoms with Crippen LogP contribution >= 0.6 is 0 Å². The lowest BCUT2D eigenvalue weighted by molar-refractivity contribution is 0.0297. The maximum Gasteiger partial charge on any atom is 0.410 e. The third kappa shape index (κ3) is 5.15. The van der Waals surface area contributed by atoms with E-state index in [-0.39, 0.29) is 6.09 Å². The molecule has 0 spiro atoms. The molecule has 2 atom stereocenters. The normalized spacial score (nSPS) is 26.5. The van der Waals surface area contributed by atoms with Crippen molar-refractivity contribution in [2.75, 3.05) is 33.2 Å². The first-order valence-corrected chi connectivity index (χ1v) is 8.27. The maximum atomic E-state index is 11.9. The lowest BCUT2D eigenvalue weighted by Crippen LogP contribution is -2.47. The fourth-order valence-corrected chi connectivity index (χ4v) is 3.28. The minimum atomic E-state index is -0.423. The zero-order valence-electron chi connectivity index (χ0n) is 14.0. The molecule has 0 bridgehead atoms. The fraction of sp³-hybridized carbons (Fsp3) is 0.938. The molecule has 5 nitrogen and oxygen atoms in total. The summed E-state index contributed by atoms with van der Waals surface area (Å²) in [5, 5.41) is 3.61. The van der Waals surface area contributed by atoms with Crippen molar-refractivity contribution >= 4 is 6.09 Å². The van der Waals surface area contributed by atoms with E-state index in [0.717, 1.165) is 12.6 Å². The number of hydrogen-bond acceptors (Lipinski definition) is 4.